The van der Waals surface area contributed by atoms with Gasteiger partial charge in [0.1, 0.15) is 0 Å². The largest absolute Gasteiger partial charge is 1.00 e. The van der Waals surface area contributed by atoms with Crippen LogP contribution in [0, 0.1) is 66.1 Å². The van der Waals surface area contributed by atoms with Crippen LogP contribution in [0.1, 0.15) is 173 Å². The number of hydrogen-bond donors (Lipinski definition) is 2. The Hall–Kier alpha value is -3.98. The number of unbranched alkanes of at least 4 members (excludes halogenated alkanes) is 1. The van der Waals surface area contributed by atoms with Crippen LogP contribution in [0.3, 0.4) is 0 Å². The maximum atomic E-state index is 12.4. The van der Waals surface area contributed by atoms with Gasteiger partial charge in [-0.05, 0) is 115 Å². The second-order valence-electron chi connectivity index (χ2n) is 21.7. The molecule has 3 fully saturated rings. The SMILES string of the molecule is C1CO1.C=Cc1ccccc1.CCC(C)CC(CCO)c1ccccc1.CCC(C)CC(CCOC(=O)[C@@H]1CC2C=CC1C2)c1ccccc1.CCC(C)C[CH-]c1ccccc1.C[CH-]CC.O=C(O)[C@@H]1CC2C=CC1C2.[Li+].[Li+]. The van der Waals surface area contributed by atoms with E-state index < -0.39 is 5.97 Å². The third-order valence-corrected chi connectivity index (χ3v) is 15.6. The van der Waals surface area contributed by atoms with Crippen molar-refractivity contribution in [3.05, 3.63) is 187 Å². The molecular formula is C70H100Li2O6. The number of hydrogen-bond acceptors (Lipinski definition) is 5. The fourth-order valence-corrected chi connectivity index (χ4v) is 9.96. The number of esters is 1. The van der Waals surface area contributed by atoms with Gasteiger partial charge in [-0.1, -0.05) is 214 Å². The maximum Gasteiger partial charge on any atom is 1.00 e. The molecule has 1 aliphatic heterocycles. The van der Waals surface area contributed by atoms with E-state index in [4.69, 9.17) is 14.9 Å². The van der Waals surface area contributed by atoms with E-state index in [2.05, 4.69) is 189 Å². The van der Waals surface area contributed by atoms with Crippen LogP contribution in [0.2, 0.25) is 0 Å². The van der Waals surface area contributed by atoms with E-state index in [-0.39, 0.29) is 62.1 Å². The summed E-state index contributed by atoms with van der Waals surface area (Å²) in [6.45, 7) is 24.2. The van der Waals surface area contributed by atoms with Crippen molar-refractivity contribution in [3.8, 4) is 0 Å². The number of rotatable bonds is 21. The molecule has 418 valence electrons. The van der Waals surface area contributed by atoms with Gasteiger partial charge in [-0.25, -0.2) is 0 Å². The number of benzene rings is 4. The summed E-state index contributed by atoms with van der Waals surface area (Å²) in [7, 11) is 0. The zero-order valence-electron chi connectivity index (χ0n) is 50.2. The van der Waals surface area contributed by atoms with E-state index in [0.29, 0.717) is 48.0 Å². The molecule has 6 nitrogen and oxygen atoms in total. The minimum atomic E-state index is -0.614. The van der Waals surface area contributed by atoms with Crippen LogP contribution in [0.4, 0.5) is 0 Å². The average molecular weight is 1050 g/mol. The van der Waals surface area contributed by atoms with Gasteiger partial charge in [0.2, 0.25) is 0 Å². The van der Waals surface area contributed by atoms with Crippen molar-refractivity contribution in [2.45, 2.75) is 151 Å². The van der Waals surface area contributed by atoms with Crippen LogP contribution in [-0.4, -0.2) is 48.6 Å². The quantitative estimate of drug-likeness (QED) is 0.0284. The minimum Gasteiger partial charge on any atom is -0.481 e. The topological polar surface area (TPSA) is 96.4 Å². The normalized spacial score (nSPS) is 20.8. The van der Waals surface area contributed by atoms with Gasteiger partial charge in [0.15, 0.2) is 0 Å². The van der Waals surface area contributed by atoms with Crippen LogP contribution < -0.4 is 37.7 Å². The molecule has 4 aliphatic carbocycles. The van der Waals surface area contributed by atoms with E-state index in [1.165, 1.54) is 60.8 Å². The minimum absolute atomic E-state index is 0. The summed E-state index contributed by atoms with van der Waals surface area (Å²) in [6, 6.07) is 41.8. The first kappa shape index (κ1) is 72.0. The molecule has 2 N–H and O–H groups in total. The Morgan fingerprint density at radius 2 is 1.06 bits per heavy atom. The van der Waals surface area contributed by atoms with Gasteiger partial charge in [-0.15, -0.1) is 12.1 Å². The molecule has 78 heavy (non-hydrogen) atoms. The molecule has 4 bridgehead atoms. The van der Waals surface area contributed by atoms with Crippen molar-refractivity contribution in [2.75, 3.05) is 26.4 Å². The molecule has 4 aromatic rings. The molecule has 1 saturated heterocycles. The molecule has 2 saturated carbocycles. The summed E-state index contributed by atoms with van der Waals surface area (Å²) in [6.07, 6.45) is 29.3. The number of carbonyl (C=O) groups is 2. The van der Waals surface area contributed by atoms with Gasteiger partial charge in [-0.2, -0.15) is 37.5 Å². The number of ether oxygens (including phenoxy) is 2. The molecule has 1 heterocycles. The van der Waals surface area contributed by atoms with Gasteiger partial charge < -0.3 is 26.1 Å². The summed E-state index contributed by atoms with van der Waals surface area (Å²) in [4.78, 5) is 22.9. The van der Waals surface area contributed by atoms with Crippen molar-refractivity contribution in [1.29, 1.82) is 0 Å². The van der Waals surface area contributed by atoms with Crippen molar-refractivity contribution in [3.63, 3.8) is 0 Å². The monoisotopic (exact) mass is 1050 g/mol. The molecule has 0 radical (unpaired) electrons. The Balaban J connectivity index is 0.000000491. The van der Waals surface area contributed by atoms with E-state index in [1.807, 2.05) is 42.5 Å². The number of fused-ring (bicyclic) bond motifs is 4. The number of allylic oxidation sites excluding steroid dienone is 4. The van der Waals surface area contributed by atoms with Crippen LogP contribution in [0.25, 0.3) is 6.08 Å². The number of carboxylic acid groups (broad SMARTS) is 1. The molecule has 9 rings (SSSR count). The van der Waals surface area contributed by atoms with Crippen LogP contribution >= 0.6 is 0 Å². The Bertz CT molecular complexity index is 2140. The summed E-state index contributed by atoms with van der Waals surface area (Å²) < 4.78 is 10.2. The van der Waals surface area contributed by atoms with Crippen LogP contribution in [0.15, 0.2) is 152 Å². The Kier molecular flexibility index (Phi) is 40.4. The second kappa shape index (κ2) is 43.8. The molecule has 11 atom stereocenters. The average Bonchev–Trinajstić information content (AvgIpc) is 3.81. The molecule has 0 aromatic heterocycles. The fourth-order valence-electron chi connectivity index (χ4n) is 9.96. The summed E-state index contributed by atoms with van der Waals surface area (Å²) in [5.74, 6) is 4.68. The molecule has 4 aromatic carbocycles. The van der Waals surface area contributed by atoms with Crippen LogP contribution in [-0.2, 0) is 19.1 Å². The third-order valence-electron chi connectivity index (χ3n) is 15.6. The van der Waals surface area contributed by atoms with E-state index in [1.54, 1.807) is 0 Å². The zero-order valence-corrected chi connectivity index (χ0v) is 50.2. The zero-order chi connectivity index (χ0) is 55.3. The summed E-state index contributed by atoms with van der Waals surface area (Å²) >= 11 is 0. The number of carbonyl (C=O) groups excluding carboxylic acids is 1. The number of aliphatic hydroxyl groups excluding tert-OH is 1. The predicted octanol–water partition coefficient (Wildman–Crippen LogP) is 11.9. The first-order valence-electron chi connectivity index (χ1n) is 29.3. The first-order valence-corrected chi connectivity index (χ1v) is 29.3. The summed E-state index contributed by atoms with van der Waals surface area (Å²) in [5, 5.41) is 17.8. The van der Waals surface area contributed by atoms with Crippen molar-refractivity contribution >= 4 is 18.0 Å². The molecule has 9 unspecified atom stereocenters. The molecule has 0 amide bonds. The number of carboxylic acids is 1. The van der Waals surface area contributed by atoms with Crippen molar-refractivity contribution < 1.29 is 67.0 Å². The maximum absolute atomic E-state index is 12.4. The van der Waals surface area contributed by atoms with Gasteiger partial charge in [0, 0.05) is 6.61 Å². The number of epoxide rings is 1. The van der Waals surface area contributed by atoms with E-state index >= 15 is 0 Å². The van der Waals surface area contributed by atoms with Crippen molar-refractivity contribution in [2.24, 2.45) is 53.3 Å². The van der Waals surface area contributed by atoms with Crippen LogP contribution in [0.5, 0.6) is 0 Å². The third kappa shape index (κ3) is 30.0. The Labute approximate surface area is 499 Å². The van der Waals surface area contributed by atoms with E-state index in [0.717, 1.165) is 70.0 Å². The van der Waals surface area contributed by atoms with Gasteiger partial charge in [0.05, 0.1) is 31.7 Å². The van der Waals surface area contributed by atoms with E-state index in [9.17, 15) is 9.59 Å². The summed E-state index contributed by atoms with van der Waals surface area (Å²) in [5.41, 5.74) is 5.26. The second-order valence-corrected chi connectivity index (χ2v) is 21.7. The van der Waals surface area contributed by atoms with Crippen molar-refractivity contribution in [1.82, 2.24) is 0 Å². The first-order chi connectivity index (χ1) is 36.9. The van der Waals surface area contributed by atoms with Gasteiger partial charge in [-0.3, -0.25) is 9.59 Å². The smallest absolute Gasteiger partial charge is 0.481 e. The molecular weight excluding hydrogens is 951 g/mol. The Morgan fingerprint density at radius 1 is 0.641 bits per heavy atom. The fraction of sp³-hybridized carbons (Fsp3) is 0.514. The number of aliphatic hydroxyl groups is 1. The van der Waals surface area contributed by atoms with Gasteiger partial charge >= 0.3 is 49.7 Å². The van der Waals surface area contributed by atoms with Gasteiger partial charge in [0.25, 0.3) is 0 Å². The standard InChI is InChI=1S/C22H30O2.C14H22O.C12H17.C8H10O2.C8H8.C4H9.C2H4O.2Li/c1-3-16(2)13-19(18-7-5-4-6-8-18)11-12-24-22(23)21-15-17-9-10-20(21)14-17;1-3-12(2)11-14(9-10-15)13-7-5-4-6-8-13;1-3-11(2)9-10-12-7-5-4-6-8-12;9-8(10)7-4-5-1-2-6(7)3-5;1-2-8-6-4-3-5-7-8;1-3-4-2;1-2-3-1;;/h4-10,16-17,19-21H,3,11-15H2,1-2H3;4-8,12,14-15H,3,9-11H2,1-2H3;4-8,10-11H,3,9H2,1-2H3;1-2,5-7H,3-4H2,(H,9,10);2-7H,1H2;3H,4H2,1-2H3;1-2H2;;/q;;-1;;;-1;;2*+1/t16?,17?,19?,20?,21-;;;5?,6?,7-;;;;;/m1..1...../s1. The molecule has 5 aliphatic rings. The molecule has 0 spiro atoms. The predicted molar refractivity (Wildman–Crippen MR) is 321 cm³/mol. The Morgan fingerprint density at radius 3 is 1.40 bits per heavy atom. The number of aliphatic carboxylic acids is 1. The molecule has 8 heteroatoms.